The molecule has 2 aromatic rings. The van der Waals surface area contributed by atoms with Crippen LogP contribution in [-0.4, -0.2) is 39.7 Å². The molecule has 0 saturated heterocycles. The number of hydrogen-bond donors (Lipinski definition) is 1. The lowest BCUT2D eigenvalue weighted by atomic mass is 10.1. The summed E-state index contributed by atoms with van der Waals surface area (Å²) >= 11 is 0. The fourth-order valence-corrected chi connectivity index (χ4v) is 4.22. The fourth-order valence-electron chi connectivity index (χ4n) is 3.28. The van der Waals surface area contributed by atoms with Crippen LogP contribution >= 0.6 is 0 Å². The molecule has 0 fully saturated rings. The van der Waals surface area contributed by atoms with Crippen LogP contribution < -0.4 is 9.62 Å². The van der Waals surface area contributed by atoms with E-state index in [-0.39, 0.29) is 25.5 Å². The normalized spacial score (nSPS) is 11.1. The Bertz CT molecular complexity index is 1040. The highest BCUT2D eigenvalue weighted by atomic mass is 32.2. The second-order valence-electron chi connectivity index (χ2n) is 7.58. The van der Waals surface area contributed by atoms with E-state index in [4.69, 9.17) is 4.74 Å². The zero-order chi connectivity index (χ0) is 23.2. The monoisotopic (exact) mass is 446 g/mol. The number of anilines is 2. The van der Waals surface area contributed by atoms with Crippen LogP contribution in [0, 0.1) is 20.8 Å². The number of nitrogens with zero attached hydrogens (tertiary/aromatic N) is 1. The van der Waals surface area contributed by atoms with Gasteiger partial charge in [-0.2, -0.15) is 0 Å². The van der Waals surface area contributed by atoms with Crippen molar-refractivity contribution in [2.75, 3.05) is 29.0 Å². The molecule has 8 heteroatoms. The first kappa shape index (κ1) is 24.4. The van der Waals surface area contributed by atoms with E-state index in [2.05, 4.69) is 5.32 Å². The van der Waals surface area contributed by atoms with Crippen LogP contribution in [-0.2, 0) is 19.6 Å². The molecule has 0 heterocycles. The fraction of sp³-hybridized carbons (Fsp3) is 0.391. The Hall–Kier alpha value is -2.87. The first-order valence-corrected chi connectivity index (χ1v) is 12.0. The zero-order valence-corrected chi connectivity index (χ0v) is 19.5. The van der Waals surface area contributed by atoms with Gasteiger partial charge in [0.15, 0.2) is 0 Å². The standard InChI is InChI=1S/C23H30N2O5S/c1-6-30-23(27)19-10-9-18(4)21(15-19)24-22(26)8-7-11-25(31(5,28)29)20-13-16(2)12-17(3)14-20/h9-10,12-15H,6-8,11H2,1-5H3,(H,24,26). The molecule has 0 atom stereocenters. The van der Waals surface area contributed by atoms with Gasteiger partial charge in [-0.15, -0.1) is 0 Å². The van der Waals surface area contributed by atoms with E-state index in [1.54, 1.807) is 25.1 Å². The van der Waals surface area contributed by atoms with Gasteiger partial charge < -0.3 is 10.1 Å². The summed E-state index contributed by atoms with van der Waals surface area (Å²) in [6.45, 7) is 7.85. The lowest BCUT2D eigenvalue weighted by Gasteiger charge is -2.23. The highest BCUT2D eigenvalue weighted by Crippen LogP contribution is 2.22. The third-order valence-corrected chi connectivity index (χ3v) is 5.88. The Morgan fingerprint density at radius 1 is 1.03 bits per heavy atom. The van der Waals surface area contributed by atoms with Crippen molar-refractivity contribution in [3.05, 3.63) is 58.7 Å². The van der Waals surface area contributed by atoms with E-state index in [9.17, 15) is 18.0 Å². The first-order chi connectivity index (χ1) is 14.5. The second-order valence-corrected chi connectivity index (χ2v) is 9.49. The molecule has 1 N–H and O–H groups in total. The van der Waals surface area contributed by atoms with Crippen LogP contribution in [0.3, 0.4) is 0 Å². The average Bonchev–Trinajstić information content (AvgIpc) is 2.65. The summed E-state index contributed by atoms with van der Waals surface area (Å²) in [5.41, 5.74) is 4.25. The molecule has 2 aromatic carbocycles. The predicted molar refractivity (Wildman–Crippen MR) is 123 cm³/mol. The maximum atomic E-state index is 12.5. The van der Waals surface area contributed by atoms with Crippen molar-refractivity contribution in [3.8, 4) is 0 Å². The molecule has 1 amide bonds. The van der Waals surface area contributed by atoms with E-state index in [0.29, 0.717) is 23.4 Å². The van der Waals surface area contributed by atoms with Crippen LogP contribution in [0.25, 0.3) is 0 Å². The Morgan fingerprint density at radius 3 is 2.26 bits per heavy atom. The summed E-state index contributed by atoms with van der Waals surface area (Å²) in [6.07, 6.45) is 1.65. The minimum Gasteiger partial charge on any atom is -0.462 e. The number of aryl methyl sites for hydroxylation is 3. The van der Waals surface area contributed by atoms with Crippen LogP contribution in [0.1, 0.15) is 46.8 Å². The molecular formula is C23H30N2O5S. The van der Waals surface area contributed by atoms with Gasteiger partial charge in [-0.25, -0.2) is 13.2 Å². The van der Waals surface area contributed by atoms with Gasteiger partial charge in [-0.3, -0.25) is 9.10 Å². The third-order valence-electron chi connectivity index (χ3n) is 4.68. The number of rotatable bonds is 9. The lowest BCUT2D eigenvalue weighted by molar-refractivity contribution is -0.116. The first-order valence-electron chi connectivity index (χ1n) is 10.1. The van der Waals surface area contributed by atoms with E-state index in [1.807, 2.05) is 39.0 Å². The van der Waals surface area contributed by atoms with Crippen molar-refractivity contribution >= 4 is 33.3 Å². The lowest BCUT2D eigenvalue weighted by Crippen LogP contribution is -2.31. The van der Waals surface area contributed by atoms with Crippen LogP contribution in [0.4, 0.5) is 11.4 Å². The smallest absolute Gasteiger partial charge is 0.338 e. The van der Waals surface area contributed by atoms with Gasteiger partial charge in [0, 0.05) is 18.7 Å². The van der Waals surface area contributed by atoms with Crippen molar-refractivity contribution in [1.82, 2.24) is 0 Å². The molecule has 168 valence electrons. The van der Waals surface area contributed by atoms with Gasteiger partial charge in [-0.1, -0.05) is 12.1 Å². The summed E-state index contributed by atoms with van der Waals surface area (Å²) < 4.78 is 30.9. The number of carbonyl (C=O) groups excluding carboxylic acids is 2. The molecule has 0 saturated carbocycles. The van der Waals surface area contributed by atoms with Crippen molar-refractivity contribution < 1.29 is 22.7 Å². The Kier molecular flexibility index (Phi) is 8.21. The highest BCUT2D eigenvalue weighted by Gasteiger charge is 2.18. The Balaban J connectivity index is 2.05. The highest BCUT2D eigenvalue weighted by molar-refractivity contribution is 7.92. The molecular weight excluding hydrogens is 416 g/mol. The molecule has 0 radical (unpaired) electrons. The molecule has 7 nitrogen and oxygen atoms in total. The molecule has 2 rings (SSSR count). The Morgan fingerprint density at radius 2 is 1.68 bits per heavy atom. The summed E-state index contributed by atoms with van der Waals surface area (Å²) in [6, 6.07) is 10.6. The second kappa shape index (κ2) is 10.4. The van der Waals surface area contributed by atoms with E-state index >= 15 is 0 Å². The topological polar surface area (TPSA) is 92.8 Å². The molecule has 0 unspecified atom stereocenters. The number of esters is 1. The third kappa shape index (κ3) is 7.10. The molecule has 31 heavy (non-hydrogen) atoms. The van der Waals surface area contributed by atoms with Gasteiger partial charge in [0.05, 0.1) is 24.1 Å². The number of ether oxygens (including phenoxy) is 1. The van der Waals surface area contributed by atoms with Gasteiger partial charge in [-0.05, 0) is 75.1 Å². The predicted octanol–water partition coefficient (Wildman–Crippen LogP) is 3.97. The molecule has 0 aliphatic heterocycles. The summed E-state index contributed by atoms with van der Waals surface area (Å²) in [7, 11) is -3.49. The molecule has 0 aliphatic carbocycles. The van der Waals surface area contributed by atoms with Crippen LogP contribution in [0.15, 0.2) is 36.4 Å². The van der Waals surface area contributed by atoms with Crippen LogP contribution in [0.2, 0.25) is 0 Å². The SMILES string of the molecule is CCOC(=O)c1ccc(C)c(NC(=O)CCCN(c2cc(C)cc(C)c2)S(C)(=O)=O)c1. The van der Waals surface area contributed by atoms with Gasteiger partial charge in [0.1, 0.15) is 0 Å². The quantitative estimate of drug-likeness (QED) is 0.588. The maximum Gasteiger partial charge on any atom is 0.338 e. The summed E-state index contributed by atoms with van der Waals surface area (Å²) in [4.78, 5) is 24.4. The zero-order valence-electron chi connectivity index (χ0n) is 18.7. The number of nitrogens with one attached hydrogen (secondary N) is 1. The number of amides is 1. The van der Waals surface area contributed by atoms with Gasteiger partial charge >= 0.3 is 5.97 Å². The minimum atomic E-state index is -3.49. The molecule has 0 aromatic heterocycles. The number of sulfonamides is 1. The minimum absolute atomic E-state index is 0.139. The average molecular weight is 447 g/mol. The molecule has 0 bridgehead atoms. The van der Waals surface area contributed by atoms with Crippen molar-refractivity contribution in [3.63, 3.8) is 0 Å². The van der Waals surface area contributed by atoms with Gasteiger partial charge in [0.2, 0.25) is 15.9 Å². The number of benzene rings is 2. The Labute approximate surface area is 184 Å². The summed E-state index contributed by atoms with van der Waals surface area (Å²) in [5.74, 6) is -0.701. The maximum absolute atomic E-state index is 12.5. The van der Waals surface area contributed by atoms with Gasteiger partial charge in [0.25, 0.3) is 0 Å². The summed E-state index contributed by atoms with van der Waals surface area (Å²) in [5, 5.41) is 2.80. The van der Waals surface area contributed by atoms with Crippen molar-refractivity contribution in [2.45, 2.75) is 40.5 Å². The van der Waals surface area contributed by atoms with Crippen molar-refractivity contribution in [2.24, 2.45) is 0 Å². The van der Waals surface area contributed by atoms with E-state index in [1.165, 1.54) is 4.31 Å². The van der Waals surface area contributed by atoms with Crippen LogP contribution in [0.5, 0.6) is 0 Å². The van der Waals surface area contributed by atoms with E-state index in [0.717, 1.165) is 22.9 Å². The molecule has 0 spiro atoms. The molecule has 0 aliphatic rings. The van der Waals surface area contributed by atoms with E-state index < -0.39 is 16.0 Å². The number of hydrogen-bond acceptors (Lipinski definition) is 5. The van der Waals surface area contributed by atoms with Crippen molar-refractivity contribution in [1.29, 1.82) is 0 Å². The number of carbonyl (C=O) groups is 2. The largest absolute Gasteiger partial charge is 0.462 e.